The third-order valence-corrected chi connectivity index (χ3v) is 11.8. The van der Waals surface area contributed by atoms with Gasteiger partial charge in [-0.3, -0.25) is 19.8 Å². The van der Waals surface area contributed by atoms with Crippen LogP contribution in [-0.2, 0) is 19.1 Å². The maximum absolute atomic E-state index is 16.6. The van der Waals surface area contributed by atoms with E-state index in [0.717, 1.165) is 0 Å². The van der Waals surface area contributed by atoms with Crippen LogP contribution in [0.4, 0.5) is 13.6 Å². The predicted molar refractivity (Wildman–Crippen MR) is 172 cm³/mol. The van der Waals surface area contributed by atoms with Gasteiger partial charge in [0.15, 0.2) is 5.78 Å². The highest BCUT2D eigenvalue weighted by atomic mass is 19.1. The molecule has 13 heteroatoms. The van der Waals surface area contributed by atoms with E-state index in [1.54, 1.807) is 4.90 Å². The molecule has 0 aromatic rings. The number of Topliss-reactive ketones (excluding diaryl/α,β-unsaturated/α-hetero) is 1. The molecule has 5 heterocycles. The monoisotopic (exact) mass is 664 g/mol. The summed E-state index contributed by atoms with van der Waals surface area (Å²) in [6, 6.07) is -1.90. The van der Waals surface area contributed by atoms with Crippen molar-refractivity contribution in [3.63, 3.8) is 0 Å². The Morgan fingerprint density at radius 3 is 2.62 bits per heavy atom. The fourth-order valence-corrected chi connectivity index (χ4v) is 9.70. The molecule has 0 aromatic heterocycles. The number of ketones is 1. The SMILES string of the molecule is C=CC(=O)N1CCN(C2NC(=O)N3C4NC(C(F)CC42)C2C(F)CCCC2OCC(=O)C(OCC)C2CCNC(C(C)C)C23)[C@@H](C)C1. The number of piperidine rings is 2. The topological polar surface area (TPSA) is 115 Å². The van der Waals surface area contributed by atoms with Crippen LogP contribution in [0.25, 0.3) is 0 Å². The Labute approximate surface area is 277 Å². The van der Waals surface area contributed by atoms with E-state index in [0.29, 0.717) is 58.5 Å². The second kappa shape index (κ2) is 14.3. The maximum Gasteiger partial charge on any atom is 0.320 e. The number of urea groups is 1. The number of nitrogens with zero attached hydrogens (tertiary/aromatic N) is 3. The van der Waals surface area contributed by atoms with Crippen molar-refractivity contribution in [1.29, 1.82) is 0 Å². The Balaban J connectivity index is 1.43. The van der Waals surface area contributed by atoms with Crippen LogP contribution in [0.3, 0.4) is 0 Å². The Morgan fingerprint density at radius 1 is 1.13 bits per heavy atom. The van der Waals surface area contributed by atoms with Gasteiger partial charge < -0.3 is 29.9 Å². The summed E-state index contributed by atoms with van der Waals surface area (Å²) in [7, 11) is 0. The number of halogens is 2. The molecule has 3 N–H and O–H groups in total. The van der Waals surface area contributed by atoms with Gasteiger partial charge in [-0.05, 0) is 64.5 Å². The van der Waals surface area contributed by atoms with Crippen molar-refractivity contribution in [3.05, 3.63) is 12.7 Å². The lowest BCUT2D eigenvalue weighted by molar-refractivity contribution is -0.158. The highest BCUT2D eigenvalue weighted by molar-refractivity contribution is 5.87. The molecule has 6 fully saturated rings. The number of nitrogens with one attached hydrogen (secondary N) is 3. The first-order chi connectivity index (χ1) is 22.5. The average molecular weight is 665 g/mol. The molecular weight excluding hydrogens is 610 g/mol. The summed E-state index contributed by atoms with van der Waals surface area (Å²) in [6.45, 7) is 13.9. The molecule has 1 aliphatic carbocycles. The van der Waals surface area contributed by atoms with Crippen LogP contribution in [0.2, 0.25) is 0 Å². The fourth-order valence-electron chi connectivity index (χ4n) is 9.70. The van der Waals surface area contributed by atoms with Gasteiger partial charge in [0.05, 0.1) is 24.5 Å². The molecule has 5 saturated heterocycles. The first-order valence-corrected chi connectivity index (χ1v) is 17.8. The summed E-state index contributed by atoms with van der Waals surface area (Å²) in [6.07, 6.45) is -1.74. The van der Waals surface area contributed by atoms with Crippen LogP contribution in [-0.4, -0.2) is 133 Å². The van der Waals surface area contributed by atoms with Crippen LogP contribution < -0.4 is 16.0 Å². The van der Waals surface area contributed by atoms with Crippen molar-refractivity contribution in [1.82, 2.24) is 30.7 Å². The van der Waals surface area contributed by atoms with E-state index >= 15 is 8.78 Å². The van der Waals surface area contributed by atoms with E-state index in [-0.39, 0.29) is 60.6 Å². The number of piperazine rings is 1. The minimum absolute atomic E-state index is 0.106. The van der Waals surface area contributed by atoms with E-state index in [9.17, 15) is 14.4 Å². The van der Waals surface area contributed by atoms with Gasteiger partial charge in [-0.25, -0.2) is 13.6 Å². The van der Waals surface area contributed by atoms with Crippen LogP contribution in [0.1, 0.15) is 59.8 Å². The van der Waals surface area contributed by atoms with Gasteiger partial charge in [0, 0.05) is 62.1 Å². The second-order valence-corrected chi connectivity index (χ2v) is 14.8. The number of carbonyl (C=O) groups excluding carboxylic acids is 3. The standard InChI is InChI=1S/C34H54F2N6O5/c1-6-26(44)40-13-14-41(19(5)16-40)32-21-15-23(36)29-27-22(35)9-8-10-25(27)47-17-24(43)31(46-7-2)20-11-12-37-28(18(3)4)30(20)42(33(21)38-29)34(45)39-32/h6,18-23,25,27-33,37-38H,1,7-17H2,2-5H3,(H,39,45)/t19-,20?,21?,22?,23?,25?,27?,28?,29?,30?,31?,32?,33?/m0/s1. The van der Waals surface area contributed by atoms with Gasteiger partial charge in [-0.2, -0.15) is 0 Å². The Hall–Kier alpha value is -2.19. The lowest BCUT2D eigenvalue weighted by Crippen LogP contribution is -2.80. The van der Waals surface area contributed by atoms with Crippen LogP contribution in [0.5, 0.6) is 0 Å². The smallest absolute Gasteiger partial charge is 0.320 e. The van der Waals surface area contributed by atoms with Crippen molar-refractivity contribution < 1.29 is 32.6 Å². The third-order valence-electron chi connectivity index (χ3n) is 11.8. The summed E-state index contributed by atoms with van der Waals surface area (Å²) >= 11 is 0. The molecule has 6 aliphatic rings. The quantitative estimate of drug-likeness (QED) is 0.384. The molecule has 12 unspecified atom stereocenters. The number of fused-ring (bicyclic) bond motifs is 5. The van der Waals surface area contributed by atoms with Crippen molar-refractivity contribution >= 4 is 17.7 Å². The van der Waals surface area contributed by atoms with E-state index in [1.165, 1.54) is 6.08 Å². The molecular formula is C34H54F2N6O5. The molecule has 6 rings (SSSR count). The summed E-state index contributed by atoms with van der Waals surface area (Å²) in [4.78, 5) is 46.7. The first-order valence-electron chi connectivity index (χ1n) is 17.8. The Bertz CT molecular complexity index is 1180. The highest BCUT2D eigenvalue weighted by Gasteiger charge is 2.59. The molecule has 0 radical (unpaired) electrons. The first kappa shape index (κ1) is 34.7. The largest absolute Gasteiger partial charge is 0.370 e. The summed E-state index contributed by atoms with van der Waals surface area (Å²) in [5.41, 5.74) is 0. The van der Waals surface area contributed by atoms with Crippen LogP contribution in [0, 0.1) is 23.7 Å². The highest BCUT2D eigenvalue weighted by Crippen LogP contribution is 2.43. The van der Waals surface area contributed by atoms with Crippen LogP contribution in [0.15, 0.2) is 12.7 Å². The van der Waals surface area contributed by atoms with Crippen LogP contribution >= 0.6 is 0 Å². The lowest BCUT2D eigenvalue weighted by Gasteiger charge is -2.60. The number of hydrogen-bond acceptors (Lipinski definition) is 8. The zero-order valence-corrected chi connectivity index (χ0v) is 28.3. The van der Waals surface area contributed by atoms with E-state index in [4.69, 9.17) is 9.47 Å². The zero-order valence-electron chi connectivity index (χ0n) is 28.3. The zero-order chi connectivity index (χ0) is 33.6. The molecule has 13 atom stereocenters. The molecule has 47 heavy (non-hydrogen) atoms. The molecule has 0 aromatic carbocycles. The average Bonchev–Trinajstić information content (AvgIpc) is 3.05. The number of ether oxygens (including phenoxy) is 2. The molecule has 5 aliphatic heterocycles. The Morgan fingerprint density at radius 2 is 1.91 bits per heavy atom. The van der Waals surface area contributed by atoms with E-state index < -0.39 is 54.9 Å². The minimum Gasteiger partial charge on any atom is -0.370 e. The third kappa shape index (κ3) is 6.47. The van der Waals surface area contributed by atoms with Gasteiger partial charge in [0.25, 0.3) is 0 Å². The fraction of sp³-hybridized carbons (Fsp3) is 0.853. The molecule has 11 nitrogen and oxygen atoms in total. The second-order valence-electron chi connectivity index (χ2n) is 14.8. The van der Waals surface area contributed by atoms with Crippen molar-refractivity contribution in [3.8, 4) is 0 Å². The van der Waals surface area contributed by atoms with E-state index in [1.807, 2.05) is 18.7 Å². The van der Waals surface area contributed by atoms with Crippen molar-refractivity contribution in [2.45, 2.75) is 121 Å². The van der Waals surface area contributed by atoms with Crippen molar-refractivity contribution in [2.24, 2.45) is 23.7 Å². The lowest BCUT2D eigenvalue weighted by atomic mass is 9.71. The maximum atomic E-state index is 16.6. The summed E-state index contributed by atoms with van der Waals surface area (Å²) in [5, 5.41) is 10.5. The normalized spacial score (nSPS) is 43.3. The minimum atomic E-state index is -1.39. The van der Waals surface area contributed by atoms with Gasteiger partial charge in [-0.15, -0.1) is 0 Å². The number of rotatable bonds is 5. The Kier molecular flexibility index (Phi) is 10.6. The summed E-state index contributed by atoms with van der Waals surface area (Å²) in [5.74, 6) is -1.75. The number of hydrogen-bond donors (Lipinski definition) is 3. The van der Waals surface area contributed by atoms with Gasteiger partial charge in [0.2, 0.25) is 5.91 Å². The van der Waals surface area contributed by atoms with Gasteiger partial charge in [0.1, 0.15) is 25.1 Å². The van der Waals surface area contributed by atoms with Gasteiger partial charge >= 0.3 is 6.03 Å². The number of carbonyl (C=O) groups is 3. The number of alkyl halides is 2. The molecule has 264 valence electrons. The molecule has 3 amide bonds. The molecule has 1 saturated carbocycles. The number of amides is 3. The van der Waals surface area contributed by atoms with Crippen molar-refractivity contribution in [2.75, 3.05) is 39.4 Å². The summed E-state index contributed by atoms with van der Waals surface area (Å²) < 4.78 is 45.0. The van der Waals surface area contributed by atoms with E-state index in [2.05, 4.69) is 41.3 Å². The predicted octanol–water partition coefficient (Wildman–Crippen LogP) is 2.21. The molecule has 0 spiro atoms. The molecule has 2 bridgehead atoms. The van der Waals surface area contributed by atoms with Gasteiger partial charge in [-0.1, -0.05) is 20.4 Å².